The Bertz CT molecular complexity index is 497. The Morgan fingerprint density at radius 1 is 1.40 bits per heavy atom. The molecule has 0 spiro atoms. The number of carbonyl (C=O) groups excluding carboxylic acids is 1. The van der Waals surface area contributed by atoms with Gasteiger partial charge in [-0.3, -0.25) is 14.9 Å². The first-order valence-electron chi connectivity index (χ1n) is 6.80. The molecule has 0 fully saturated rings. The maximum atomic E-state index is 11.8. The molecular weight excluding hydrogens is 258 g/mol. The number of hydrogen-bond donors (Lipinski definition) is 0. The Morgan fingerprint density at radius 2 is 2.05 bits per heavy atom. The van der Waals surface area contributed by atoms with Gasteiger partial charge in [-0.05, 0) is 30.9 Å². The quantitative estimate of drug-likeness (QED) is 0.563. The first kappa shape index (κ1) is 16.1. The van der Waals surface area contributed by atoms with Gasteiger partial charge in [-0.25, -0.2) is 0 Å². The highest BCUT2D eigenvalue weighted by atomic mass is 16.6. The lowest BCUT2D eigenvalue weighted by atomic mass is 9.85. The van der Waals surface area contributed by atoms with Crippen molar-refractivity contribution in [2.24, 2.45) is 5.92 Å². The topological polar surface area (TPSA) is 69.4 Å². The standard InChI is InChI=1S/C15H21NO4/c1-5-8-20-14-9-12(6-7-13(14)16(18)19)15(10(2)3)11(4)17/h6-7,9-10,15H,5,8H2,1-4H3. The second kappa shape index (κ2) is 7.03. The summed E-state index contributed by atoms with van der Waals surface area (Å²) in [7, 11) is 0. The Kier molecular flexibility index (Phi) is 5.67. The molecule has 0 aromatic heterocycles. The van der Waals surface area contributed by atoms with E-state index in [1.165, 1.54) is 6.07 Å². The largest absolute Gasteiger partial charge is 0.487 e. The van der Waals surface area contributed by atoms with Gasteiger partial charge < -0.3 is 4.74 Å². The number of ketones is 1. The van der Waals surface area contributed by atoms with Crippen LogP contribution >= 0.6 is 0 Å². The SMILES string of the molecule is CCCOc1cc(C(C(C)=O)C(C)C)ccc1[N+](=O)[O-]. The molecule has 1 unspecified atom stereocenters. The number of rotatable bonds is 7. The van der Waals surface area contributed by atoms with Crippen LogP contribution in [0, 0.1) is 16.0 Å². The Morgan fingerprint density at radius 3 is 2.50 bits per heavy atom. The minimum Gasteiger partial charge on any atom is -0.487 e. The van der Waals surface area contributed by atoms with E-state index in [1.807, 2.05) is 20.8 Å². The molecule has 110 valence electrons. The number of benzene rings is 1. The van der Waals surface area contributed by atoms with Gasteiger partial charge >= 0.3 is 5.69 Å². The molecule has 5 heteroatoms. The van der Waals surface area contributed by atoms with Gasteiger partial charge in [0.2, 0.25) is 0 Å². The number of ether oxygens (including phenoxy) is 1. The highest BCUT2D eigenvalue weighted by molar-refractivity contribution is 5.84. The van der Waals surface area contributed by atoms with E-state index in [4.69, 9.17) is 4.74 Å². The lowest BCUT2D eigenvalue weighted by molar-refractivity contribution is -0.385. The number of carbonyl (C=O) groups is 1. The molecule has 0 aliphatic carbocycles. The van der Waals surface area contributed by atoms with Gasteiger partial charge in [0.1, 0.15) is 5.78 Å². The van der Waals surface area contributed by atoms with Crippen LogP contribution < -0.4 is 4.74 Å². The zero-order chi connectivity index (χ0) is 15.3. The van der Waals surface area contributed by atoms with Crippen LogP contribution in [-0.2, 0) is 4.79 Å². The van der Waals surface area contributed by atoms with Crippen LogP contribution in [0.5, 0.6) is 5.75 Å². The second-order valence-corrected chi connectivity index (χ2v) is 5.17. The number of nitro benzene ring substituents is 1. The highest BCUT2D eigenvalue weighted by Gasteiger charge is 2.24. The monoisotopic (exact) mass is 279 g/mol. The van der Waals surface area contributed by atoms with Crippen LogP contribution in [0.2, 0.25) is 0 Å². The average Bonchev–Trinajstić information content (AvgIpc) is 2.35. The fourth-order valence-electron chi connectivity index (χ4n) is 2.29. The molecule has 0 aliphatic heterocycles. The van der Waals surface area contributed by atoms with Crippen molar-refractivity contribution >= 4 is 11.5 Å². The van der Waals surface area contributed by atoms with Gasteiger partial charge in [-0.1, -0.05) is 26.8 Å². The molecule has 1 aromatic rings. The van der Waals surface area contributed by atoms with Crippen LogP contribution in [-0.4, -0.2) is 17.3 Å². The minimum atomic E-state index is -0.465. The summed E-state index contributed by atoms with van der Waals surface area (Å²) >= 11 is 0. The molecule has 1 aromatic carbocycles. The van der Waals surface area contributed by atoms with E-state index in [1.54, 1.807) is 19.1 Å². The van der Waals surface area contributed by atoms with Gasteiger partial charge in [0, 0.05) is 12.0 Å². The average molecular weight is 279 g/mol. The molecule has 0 heterocycles. The molecule has 0 aliphatic rings. The predicted molar refractivity (Wildman–Crippen MR) is 77.1 cm³/mol. The molecule has 0 bridgehead atoms. The number of hydrogen-bond acceptors (Lipinski definition) is 4. The number of nitrogens with zero attached hydrogens (tertiary/aromatic N) is 1. The third-order valence-corrected chi connectivity index (χ3v) is 3.11. The lowest BCUT2D eigenvalue weighted by Crippen LogP contribution is -2.15. The summed E-state index contributed by atoms with van der Waals surface area (Å²) in [6, 6.07) is 4.68. The van der Waals surface area contributed by atoms with E-state index >= 15 is 0 Å². The normalized spacial score (nSPS) is 12.2. The molecule has 0 radical (unpaired) electrons. The van der Waals surface area contributed by atoms with Gasteiger partial charge in [-0.2, -0.15) is 0 Å². The van der Waals surface area contributed by atoms with Gasteiger partial charge in [0.05, 0.1) is 11.5 Å². The summed E-state index contributed by atoms with van der Waals surface area (Å²) in [6.45, 7) is 7.80. The predicted octanol–water partition coefficient (Wildman–Crippen LogP) is 3.71. The molecule has 0 N–H and O–H groups in total. The Balaban J connectivity index is 3.22. The van der Waals surface area contributed by atoms with E-state index in [0.29, 0.717) is 6.61 Å². The van der Waals surface area contributed by atoms with E-state index in [2.05, 4.69) is 0 Å². The molecule has 1 atom stereocenters. The van der Waals surface area contributed by atoms with E-state index in [-0.39, 0.29) is 29.1 Å². The number of nitro groups is 1. The molecule has 0 saturated heterocycles. The van der Waals surface area contributed by atoms with E-state index in [9.17, 15) is 14.9 Å². The fourth-order valence-corrected chi connectivity index (χ4v) is 2.29. The highest BCUT2D eigenvalue weighted by Crippen LogP contribution is 2.34. The summed E-state index contributed by atoms with van der Waals surface area (Å²) in [5, 5.41) is 11.0. The molecule has 0 saturated carbocycles. The zero-order valence-corrected chi connectivity index (χ0v) is 12.4. The maximum Gasteiger partial charge on any atom is 0.310 e. The Labute approximate surface area is 119 Å². The van der Waals surface area contributed by atoms with Crippen LogP contribution in [0.4, 0.5) is 5.69 Å². The minimum absolute atomic E-state index is 0.0512. The fraction of sp³-hybridized carbons (Fsp3) is 0.533. The third-order valence-electron chi connectivity index (χ3n) is 3.11. The Hall–Kier alpha value is -1.91. The van der Waals surface area contributed by atoms with Gasteiger partial charge in [0.15, 0.2) is 5.75 Å². The second-order valence-electron chi connectivity index (χ2n) is 5.17. The number of Topliss-reactive ketones (excluding diaryl/α,β-unsaturated/α-hetero) is 1. The smallest absolute Gasteiger partial charge is 0.310 e. The first-order chi connectivity index (χ1) is 9.38. The van der Waals surface area contributed by atoms with Crippen LogP contribution in [0.1, 0.15) is 45.6 Å². The molecule has 0 amide bonds. The molecule has 1 rings (SSSR count). The maximum absolute atomic E-state index is 11.8. The van der Waals surface area contributed by atoms with Crippen molar-refractivity contribution in [2.75, 3.05) is 6.61 Å². The molecule has 20 heavy (non-hydrogen) atoms. The molecular formula is C15H21NO4. The van der Waals surface area contributed by atoms with Crippen molar-refractivity contribution in [1.29, 1.82) is 0 Å². The van der Waals surface area contributed by atoms with Crippen LogP contribution in [0.3, 0.4) is 0 Å². The van der Waals surface area contributed by atoms with Crippen molar-refractivity contribution in [2.45, 2.75) is 40.0 Å². The van der Waals surface area contributed by atoms with Gasteiger partial charge in [0.25, 0.3) is 0 Å². The van der Waals surface area contributed by atoms with E-state index in [0.717, 1.165) is 12.0 Å². The van der Waals surface area contributed by atoms with E-state index < -0.39 is 4.92 Å². The summed E-state index contributed by atoms with van der Waals surface area (Å²) < 4.78 is 5.44. The summed E-state index contributed by atoms with van der Waals surface area (Å²) in [5.41, 5.74) is 0.706. The summed E-state index contributed by atoms with van der Waals surface area (Å²) in [5.74, 6) is 0.157. The third kappa shape index (κ3) is 3.79. The summed E-state index contributed by atoms with van der Waals surface area (Å²) in [6.07, 6.45) is 0.766. The van der Waals surface area contributed by atoms with Gasteiger partial charge in [-0.15, -0.1) is 0 Å². The summed E-state index contributed by atoms with van der Waals surface area (Å²) in [4.78, 5) is 22.3. The lowest BCUT2D eigenvalue weighted by Gasteiger charge is -2.19. The van der Waals surface area contributed by atoms with Crippen molar-refractivity contribution in [3.8, 4) is 5.75 Å². The van der Waals surface area contributed by atoms with Crippen molar-refractivity contribution in [3.63, 3.8) is 0 Å². The molecule has 5 nitrogen and oxygen atoms in total. The van der Waals surface area contributed by atoms with Crippen molar-refractivity contribution in [3.05, 3.63) is 33.9 Å². The van der Waals surface area contributed by atoms with Crippen LogP contribution in [0.25, 0.3) is 0 Å². The van der Waals surface area contributed by atoms with Crippen LogP contribution in [0.15, 0.2) is 18.2 Å². The van der Waals surface area contributed by atoms with Crippen molar-refractivity contribution < 1.29 is 14.5 Å². The first-order valence-corrected chi connectivity index (χ1v) is 6.80. The zero-order valence-electron chi connectivity index (χ0n) is 12.4. The van der Waals surface area contributed by atoms with Crippen molar-refractivity contribution in [1.82, 2.24) is 0 Å².